The Hall–Kier alpha value is -4.07. The van der Waals surface area contributed by atoms with Crippen LogP contribution in [0.2, 0.25) is 0 Å². The molecule has 2 aromatic carbocycles. The lowest BCUT2D eigenvalue weighted by Gasteiger charge is -2.25. The van der Waals surface area contributed by atoms with E-state index in [9.17, 15) is 9.18 Å². The molecule has 4 aromatic rings. The summed E-state index contributed by atoms with van der Waals surface area (Å²) in [7, 11) is 1.57. The molecule has 5 rings (SSSR count). The van der Waals surface area contributed by atoms with Crippen molar-refractivity contribution in [1.82, 2.24) is 15.2 Å². The van der Waals surface area contributed by atoms with Gasteiger partial charge in [0.05, 0.1) is 18.3 Å². The lowest BCUT2D eigenvalue weighted by atomic mass is 9.99. The Kier molecular flexibility index (Phi) is 5.57. The third-order valence-electron chi connectivity index (χ3n) is 6.13. The fraction of sp³-hybridized carbons (Fsp3) is 0.231. The van der Waals surface area contributed by atoms with E-state index in [4.69, 9.17) is 10.5 Å². The molecule has 8 heteroatoms. The van der Waals surface area contributed by atoms with E-state index in [0.29, 0.717) is 22.9 Å². The predicted octanol–water partition coefficient (Wildman–Crippen LogP) is 4.59. The summed E-state index contributed by atoms with van der Waals surface area (Å²) in [5, 5.41) is 9.31. The predicted molar refractivity (Wildman–Crippen MR) is 129 cm³/mol. The number of aromatic nitrogens is 3. The van der Waals surface area contributed by atoms with Crippen molar-refractivity contribution in [1.29, 1.82) is 0 Å². The Bertz CT molecular complexity index is 1400. The second-order valence-corrected chi connectivity index (χ2v) is 8.26. The minimum atomic E-state index is -0.591. The first-order chi connectivity index (χ1) is 16.5. The number of carbonyl (C=O) groups is 1. The molecule has 2 N–H and O–H groups in total. The van der Waals surface area contributed by atoms with Gasteiger partial charge in [-0.15, -0.1) is 10.2 Å². The van der Waals surface area contributed by atoms with E-state index < -0.39 is 11.7 Å². The number of primary amides is 1. The van der Waals surface area contributed by atoms with Gasteiger partial charge in [0.25, 0.3) is 5.91 Å². The smallest absolute Gasteiger partial charge is 0.271 e. The molecule has 0 saturated heterocycles. The van der Waals surface area contributed by atoms with Gasteiger partial charge in [0.2, 0.25) is 0 Å². The molecular formula is C26H24FN5O2. The molecular weight excluding hydrogens is 433 g/mol. The zero-order valence-electron chi connectivity index (χ0n) is 19.0. The maximum absolute atomic E-state index is 14.2. The van der Waals surface area contributed by atoms with Gasteiger partial charge in [-0.1, -0.05) is 12.1 Å². The van der Waals surface area contributed by atoms with Gasteiger partial charge >= 0.3 is 0 Å². The number of fused-ring (bicyclic) bond motifs is 1. The SMILES string of the molecule is CCN(c1c(C(N)=O)nnc2cc(-c3ccc(-c4ncccc4F)cc3OC)ccc12)C1CC1. The summed E-state index contributed by atoms with van der Waals surface area (Å²) in [6.07, 6.45) is 3.71. The lowest BCUT2D eigenvalue weighted by Crippen LogP contribution is -2.29. The first-order valence-corrected chi connectivity index (χ1v) is 11.2. The van der Waals surface area contributed by atoms with E-state index in [1.165, 1.54) is 6.07 Å². The summed E-state index contributed by atoms with van der Waals surface area (Å²) in [6, 6.07) is 14.6. The number of anilines is 1. The molecule has 7 nitrogen and oxygen atoms in total. The molecule has 1 fully saturated rings. The van der Waals surface area contributed by atoms with Crippen molar-refractivity contribution >= 4 is 22.5 Å². The van der Waals surface area contributed by atoms with Crippen molar-refractivity contribution in [2.45, 2.75) is 25.8 Å². The van der Waals surface area contributed by atoms with Gasteiger partial charge in [-0.05, 0) is 61.7 Å². The van der Waals surface area contributed by atoms with E-state index in [-0.39, 0.29) is 11.4 Å². The van der Waals surface area contributed by atoms with E-state index >= 15 is 0 Å². The third kappa shape index (κ3) is 3.81. The van der Waals surface area contributed by atoms with Gasteiger partial charge in [-0.25, -0.2) is 4.39 Å². The highest BCUT2D eigenvalue weighted by Crippen LogP contribution is 2.39. The maximum atomic E-state index is 14.2. The van der Waals surface area contributed by atoms with Crippen molar-refractivity contribution in [3.05, 3.63) is 66.2 Å². The molecule has 0 unspecified atom stereocenters. The number of rotatable bonds is 7. The van der Waals surface area contributed by atoms with Gasteiger partial charge in [-0.3, -0.25) is 9.78 Å². The molecule has 34 heavy (non-hydrogen) atoms. The molecule has 0 radical (unpaired) electrons. The summed E-state index contributed by atoms with van der Waals surface area (Å²) in [4.78, 5) is 18.5. The van der Waals surface area contributed by atoms with Gasteiger partial charge < -0.3 is 15.4 Å². The van der Waals surface area contributed by atoms with E-state index in [0.717, 1.165) is 41.6 Å². The van der Waals surface area contributed by atoms with Crippen LogP contribution in [0.1, 0.15) is 30.3 Å². The fourth-order valence-electron chi connectivity index (χ4n) is 4.38. The molecule has 0 spiro atoms. The molecule has 0 bridgehead atoms. The summed E-state index contributed by atoms with van der Waals surface area (Å²) in [6.45, 7) is 2.80. The fourth-order valence-corrected chi connectivity index (χ4v) is 4.38. The van der Waals surface area contributed by atoms with Crippen LogP contribution in [0.3, 0.4) is 0 Å². The Balaban J connectivity index is 1.62. The monoisotopic (exact) mass is 457 g/mol. The summed E-state index contributed by atoms with van der Waals surface area (Å²) in [5.74, 6) is -0.407. The summed E-state index contributed by atoms with van der Waals surface area (Å²) >= 11 is 0. The molecule has 2 aromatic heterocycles. The van der Waals surface area contributed by atoms with Gasteiger partial charge in [-0.2, -0.15) is 0 Å². The van der Waals surface area contributed by atoms with Gasteiger partial charge in [0.1, 0.15) is 17.3 Å². The Morgan fingerprint density at radius 2 is 1.94 bits per heavy atom. The van der Waals surface area contributed by atoms with Crippen LogP contribution < -0.4 is 15.4 Å². The van der Waals surface area contributed by atoms with E-state index in [1.807, 2.05) is 30.3 Å². The number of pyridine rings is 1. The standard InChI is InChI=1S/C26H24FN5O2/c1-3-32(17-8-9-17)25-19-11-6-15(13-21(19)30-31-24(25)26(28)33)18-10-7-16(14-22(18)34-2)23-20(27)5-4-12-29-23/h4-7,10-14,17H,3,8-9H2,1-2H3,(H2,28,33). The number of halogens is 1. The molecule has 0 aliphatic heterocycles. The summed E-state index contributed by atoms with van der Waals surface area (Å²) in [5.41, 5.74) is 9.78. The molecule has 0 atom stereocenters. The first-order valence-electron chi connectivity index (χ1n) is 11.2. The topological polar surface area (TPSA) is 94.2 Å². The van der Waals surface area contributed by atoms with Crippen LogP contribution in [0.4, 0.5) is 10.1 Å². The number of methoxy groups -OCH3 is 1. The van der Waals surface area contributed by atoms with Gasteiger partial charge in [0, 0.05) is 35.3 Å². The molecule has 172 valence electrons. The minimum Gasteiger partial charge on any atom is -0.496 e. The van der Waals surface area contributed by atoms with Gasteiger partial charge in [0.15, 0.2) is 5.69 Å². The molecule has 1 aliphatic carbocycles. The van der Waals surface area contributed by atoms with Crippen LogP contribution >= 0.6 is 0 Å². The second-order valence-electron chi connectivity index (χ2n) is 8.26. The lowest BCUT2D eigenvalue weighted by molar-refractivity contribution is 0.0995. The zero-order valence-corrected chi connectivity index (χ0v) is 19.0. The van der Waals surface area contributed by atoms with E-state index in [2.05, 4.69) is 27.0 Å². The molecule has 2 heterocycles. The maximum Gasteiger partial charge on any atom is 0.271 e. The minimum absolute atomic E-state index is 0.188. The number of hydrogen-bond donors (Lipinski definition) is 1. The van der Waals surface area contributed by atoms with Crippen molar-refractivity contribution in [2.75, 3.05) is 18.6 Å². The summed E-state index contributed by atoms with van der Waals surface area (Å²) < 4.78 is 19.9. The number of ether oxygens (including phenoxy) is 1. The van der Waals surface area contributed by atoms with Crippen LogP contribution in [0.15, 0.2) is 54.7 Å². The molecule has 1 amide bonds. The van der Waals surface area contributed by atoms with Crippen molar-refractivity contribution < 1.29 is 13.9 Å². The second kappa shape index (κ2) is 8.70. The largest absolute Gasteiger partial charge is 0.496 e. The quantitative estimate of drug-likeness (QED) is 0.436. The average Bonchev–Trinajstić information content (AvgIpc) is 3.69. The number of carbonyl (C=O) groups excluding carboxylic acids is 1. The normalized spacial score (nSPS) is 13.1. The van der Waals surface area contributed by atoms with Crippen LogP contribution in [0.25, 0.3) is 33.3 Å². The number of benzene rings is 2. The highest BCUT2D eigenvalue weighted by molar-refractivity contribution is 6.06. The van der Waals surface area contributed by atoms with Crippen molar-refractivity contribution in [2.24, 2.45) is 5.73 Å². The van der Waals surface area contributed by atoms with Crippen LogP contribution in [-0.4, -0.2) is 40.8 Å². The Morgan fingerprint density at radius 3 is 2.62 bits per heavy atom. The number of amides is 1. The van der Waals surface area contributed by atoms with E-state index in [1.54, 1.807) is 25.4 Å². The highest BCUT2D eigenvalue weighted by Gasteiger charge is 2.32. The van der Waals surface area contributed by atoms with Crippen LogP contribution in [-0.2, 0) is 0 Å². The Morgan fingerprint density at radius 1 is 1.15 bits per heavy atom. The highest BCUT2D eigenvalue weighted by atomic mass is 19.1. The first kappa shape index (κ1) is 21.8. The van der Waals surface area contributed by atoms with Crippen LogP contribution in [0, 0.1) is 5.82 Å². The Labute approximate surface area is 196 Å². The average molecular weight is 458 g/mol. The van der Waals surface area contributed by atoms with Crippen molar-refractivity contribution in [3.8, 4) is 28.1 Å². The van der Waals surface area contributed by atoms with Crippen molar-refractivity contribution in [3.63, 3.8) is 0 Å². The number of nitrogens with zero attached hydrogens (tertiary/aromatic N) is 4. The molecule has 1 saturated carbocycles. The third-order valence-corrected chi connectivity index (χ3v) is 6.13. The van der Waals surface area contributed by atoms with Crippen LogP contribution in [0.5, 0.6) is 5.75 Å². The molecule has 1 aliphatic rings. The number of nitrogens with two attached hydrogens (primary N) is 1. The zero-order chi connectivity index (χ0) is 23.8. The number of hydrogen-bond acceptors (Lipinski definition) is 6.